The predicted molar refractivity (Wildman–Crippen MR) is 151 cm³/mol. The number of rotatable bonds is 14. The van der Waals surface area contributed by atoms with E-state index in [1.165, 1.54) is 18.3 Å². The Morgan fingerprint density at radius 1 is 0.927 bits per heavy atom. The number of fused-ring (bicyclic) bond motifs is 1. The van der Waals surface area contributed by atoms with Crippen molar-refractivity contribution in [2.24, 2.45) is 17.2 Å². The maximum absolute atomic E-state index is 13.3. The summed E-state index contributed by atoms with van der Waals surface area (Å²) in [4.78, 5) is 34.8. The summed E-state index contributed by atoms with van der Waals surface area (Å²) in [6, 6.07) is 7.45. The van der Waals surface area contributed by atoms with E-state index >= 15 is 0 Å². The lowest BCUT2D eigenvalue weighted by Crippen LogP contribution is -2.52. The molecular weight excluding hydrogens is 537 g/mol. The van der Waals surface area contributed by atoms with Gasteiger partial charge in [0.05, 0.1) is 49.3 Å². The van der Waals surface area contributed by atoms with Crippen LogP contribution < -0.4 is 27.8 Å². The average molecular weight is 576 g/mol. The number of likely N-dealkylation sites (N-methyl/N-ethyl adjacent to an activating group) is 1. The van der Waals surface area contributed by atoms with E-state index in [1.807, 2.05) is 7.05 Å². The Bertz CT molecular complexity index is 1300. The van der Waals surface area contributed by atoms with Crippen molar-refractivity contribution in [2.75, 3.05) is 45.1 Å². The average Bonchev–Trinajstić information content (AvgIpc) is 2.92. The van der Waals surface area contributed by atoms with Crippen LogP contribution in [-0.2, 0) is 22.2 Å². The highest BCUT2D eigenvalue weighted by atomic mass is 19.4. The number of hydrogen-bond acceptors (Lipinski definition) is 7. The largest absolute Gasteiger partial charge is 0.416 e. The molecular formula is C28H38F3N8O2+. The molecule has 0 bridgehead atoms. The van der Waals surface area contributed by atoms with E-state index in [0.717, 1.165) is 31.8 Å². The number of hydrogen-bond donors (Lipinski definition) is 5. The van der Waals surface area contributed by atoms with Crippen LogP contribution in [0.3, 0.4) is 0 Å². The SMILES string of the molecule is C[N+](CCN)(CCN)CCC[C@H](N)C(=O)N[C@@H](Cc1ccc(C(F)(F)F)cc1)C(=O)Nc1ccc2nccnc2c1. The van der Waals surface area contributed by atoms with Crippen LogP contribution in [0.15, 0.2) is 54.9 Å². The van der Waals surface area contributed by atoms with E-state index in [4.69, 9.17) is 17.2 Å². The fourth-order valence-electron chi connectivity index (χ4n) is 4.61. The zero-order valence-corrected chi connectivity index (χ0v) is 23.0. The molecule has 1 aromatic heterocycles. The summed E-state index contributed by atoms with van der Waals surface area (Å²) in [5, 5.41) is 5.45. The van der Waals surface area contributed by atoms with Gasteiger partial charge < -0.3 is 32.3 Å². The van der Waals surface area contributed by atoms with Crippen molar-refractivity contribution in [1.82, 2.24) is 15.3 Å². The number of nitrogens with zero attached hydrogens (tertiary/aromatic N) is 3. The number of carbonyl (C=O) groups is 2. The van der Waals surface area contributed by atoms with E-state index in [2.05, 4.69) is 20.6 Å². The first-order valence-electron chi connectivity index (χ1n) is 13.4. The summed E-state index contributed by atoms with van der Waals surface area (Å²) in [7, 11) is 2.05. The Hall–Kier alpha value is -3.65. The van der Waals surface area contributed by atoms with Gasteiger partial charge in [0, 0.05) is 37.6 Å². The summed E-state index contributed by atoms with van der Waals surface area (Å²) < 4.78 is 39.7. The Balaban J connectivity index is 1.72. The molecule has 0 saturated carbocycles. The molecule has 13 heteroatoms. The Labute approximate surface area is 237 Å². The van der Waals surface area contributed by atoms with E-state index < -0.39 is 35.6 Å². The summed E-state index contributed by atoms with van der Waals surface area (Å²) in [5.41, 5.74) is 18.9. The van der Waals surface area contributed by atoms with Crippen LogP contribution >= 0.6 is 0 Å². The number of aromatic nitrogens is 2. The number of amides is 2. The maximum Gasteiger partial charge on any atom is 0.416 e. The molecule has 0 aliphatic carbocycles. The highest BCUT2D eigenvalue weighted by Gasteiger charge is 2.31. The van der Waals surface area contributed by atoms with Crippen LogP contribution in [0.2, 0.25) is 0 Å². The fourth-order valence-corrected chi connectivity index (χ4v) is 4.61. The lowest BCUT2D eigenvalue weighted by molar-refractivity contribution is -0.907. The molecule has 0 unspecified atom stereocenters. The first-order chi connectivity index (χ1) is 19.4. The van der Waals surface area contributed by atoms with Crippen molar-refractivity contribution in [3.8, 4) is 0 Å². The van der Waals surface area contributed by atoms with Gasteiger partial charge in [-0.1, -0.05) is 12.1 Å². The molecule has 0 spiro atoms. The number of anilines is 1. The van der Waals surface area contributed by atoms with Crippen molar-refractivity contribution in [1.29, 1.82) is 0 Å². The number of benzene rings is 2. The quantitative estimate of drug-likeness (QED) is 0.183. The van der Waals surface area contributed by atoms with Crippen LogP contribution in [0, 0.1) is 0 Å². The molecule has 10 nitrogen and oxygen atoms in total. The molecule has 41 heavy (non-hydrogen) atoms. The lowest BCUT2D eigenvalue weighted by atomic mass is 10.0. The van der Waals surface area contributed by atoms with Gasteiger partial charge in [-0.15, -0.1) is 0 Å². The first kappa shape index (κ1) is 31.9. The van der Waals surface area contributed by atoms with E-state index in [1.54, 1.807) is 24.4 Å². The molecule has 0 saturated heterocycles. The molecule has 0 radical (unpaired) electrons. The minimum absolute atomic E-state index is 0.0439. The standard InChI is InChI=1S/C28H37F3N8O2/c1-39(15-10-32,16-11-33)14-2-3-22(34)26(40)38-25(17-19-4-6-20(7-5-19)28(29,30)31)27(41)37-21-8-9-23-24(18-21)36-13-12-35-23/h4-9,12-13,18,22,25H,2-3,10-11,14-17,32-34H2,1H3,(H-,36,37,38,40,41)/p+1/t22-,25-/m0/s1. The molecule has 0 aliphatic rings. The second kappa shape index (κ2) is 14.3. The van der Waals surface area contributed by atoms with Gasteiger partial charge in [-0.3, -0.25) is 19.6 Å². The van der Waals surface area contributed by atoms with Gasteiger partial charge in [0.25, 0.3) is 0 Å². The van der Waals surface area contributed by atoms with Crippen molar-refractivity contribution in [2.45, 2.75) is 37.5 Å². The maximum atomic E-state index is 13.3. The highest BCUT2D eigenvalue weighted by molar-refractivity contribution is 5.99. The summed E-state index contributed by atoms with van der Waals surface area (Å²) in [6.45, 7) is 3.24. The van der Waals surface area contributed by atoms with Gasteiger partial charge in [-0.2, -0.15) is 13.2 Å². The van der Waals surface area contributed by atoms with Gasteiger partial charge in [0.1, 0.15) is 6.04 Å². The number of halogens is 3. The summed E-state index contributed by atoms with van der Waals surface area (Å²) in [5.74, 6) is -1.09. The monoisotopic (exact) mass is 575 g/mol. The Kier molecular flexibility index (Phi) is 11.1. The molecule has 3 aromatic rings. The van der Waals surface area contributed by atoms with Crippen LogP contribution in [0.5, 0.6) is 0 Å². The number of nitrogens with two attached hydrogens (primary N) is 3. The molecule has 8 N–H and O–H groups in total. The number of alkyl halides is 3. The fraction of sp³-hybridized carbons (Fsp3) is 0.429. The molecule has 2 amide bonds. The molecule has 2 aromatic carbocycles. The third kappa shape index (κ3) is 9.46. The Morgan fingerprint density at radius 3 is 2.17 bits per heavy atom. The van der Waals surface area contributed by atoms with Gasteiger partial charge in [0.2, 0.25) is 11.8 Å². The van der Waals surface area contributed by atoms with Crippen molar-refractivity contribution >= 4 is 28.5 Å². The van der Waals surface area contributed by atoms with Crippen LogP contribution in [0.25, 0.3) is 11.0 Å². The van der Waals surface area contributed by atoms with Crippen LogP contribution in [0.1, 0.15) is 24.0 Å². The van der Waals surface area contributed by atoms with Gasteiger partial charge >= 0.3 is 6.18 Å². The highest BCUT2D eigenvalue weighted by Crippen LogP contribution is 2.29. The lowest BCUT2D eigenvalue weighted by Gasteiger charge is -2.34. The third-order valence-corrected chi connectivity index (χ3v) is 6.98. The predicted octanol–water partition coefficient (Wildman–Crippen LogP) is 1.79. The summed E-state index contributed by atoms with van der Waals surface area (Å²) in [6.07, 6.45) is -0.451. The molecule has 0 aliphatic heterocycles. The second-order valence-electron chi connectivity index (χ2n) is 10.3. The van der Waals surface area contributed by atoms with Crippen molar-refractivity contribution in [3.63, 3.8) is 0 Å². The minimum atomic E-state index is -4.49. The molecule has 222 valence electrons. The minimum Gasteiger partial charge on any atom is -0.343 e. The van der Waals surface area contributed by atoms with Gasteiger partial charge in [-0.25, -0.2) is 0 Å². The van der Waals surface area contributed by atoms with Gasteiger partial charge in [-0.05, 0) is 48.7 Å². The first-order valence-corrected chi connectivity index (χ1v) is 13.4. The van der Waals surface area contributed by atoms with Crippen molar-refractivity contribution < 1.29 is 27.2 Å². The van der Waals surface area contributed by atoms with Crippen molar-refractivity contribution in [3.05, 3.63) is 66.0 Å². The molecule has 2 atom stereocenters. The molecule has 3 rings (SSSR count). The zero-order valence-electron chi connectivity index (χ0n) is 23.0. The molecule has 0 fully saturated rings. The van der Waals surface area contributed by atoms with E-state index in [9.17, 15) is 22.8 Å². The second-order valence-corrected chi connectivity index (χ2v) is 10.3. The smallest absolute Gasteiger partial charge is 0.343 e. The number of nitrogens with one attached hydrogen (secondary N) is 2. The van der Waals surface area contributed by atoms with Gasteiger partial charge in [0.15, 0.2) is 0 Å². The third-order valence-electron chi connectivity index (χ3n) is 6.98. The topological polar surface area (TPSA) is 162 Å². The van der Waals surface area contributed by atoms with Crippen LogP contribution in [0.4, 0.5) is 18.9 Å². The Morgan fingerprint density at radius 2 is 1.56 bits per heavy atom. The van der Waals surface area contributed by atoms with E-state index in [-0.39, 0.29) is 6.42 Å². The summed E-state index contributed by atoms with van der Waals surface area (Å²) >= 11 is 0. The molecule has 1 heterocycles. The number of quaternary nitrogens is 1. The zero-order chi connectivity index (χ0) is 30.0. The normalized spacial score (nSPS) is 13.5. The number of carbonyl (C=O) groups excluding carboxylic acids is 2. The van der Waals surface area contributed by atoms with E-state index in [0.29, 0.717) is 52.7 Å². The van der Waals surface area contributed by atoms with Crippen LogP contribution in [-0.4, -0.2) is 78.1 Å².